The number of methoxy groups -OCH3 is 2. The van der Waals surface area contributed by atoms with Gasteiger partial charge in [-0.3, -0.25) is 9.59 Å². The number of aliphatic hydroxyl groups is 1. The van der Waals surface area contributed by atoms with Crippen molar-refractivity contribution < 1.29 is 24.2 Å². The molecule has 2 aliphatic rings. The average molecular weight is 413 g/mol. The van der Waals surface area contributed by atoms with Gasteiger partial charge in [0.15, 0.2) is 17.3 Å². The van der Waals surface area contributed by atoms with Crippen molar-refractivity contribution in [3.05, 3.63) is 57.5 Å². The Hall–Kier alpha value is -2.80. The van der Waals surface area contributed by atoms with Crippen LogP contribution in [0.4, 0.5) is 0 Å². The first-order valence-electron chi connectivity index (χ1n) is 9.62. The van der Waals surface area contributed by atoms with Crippen molar-refractivity contribution in [1.82, 2.24) is 4.90 Å². The Morgan fingerprint density at radius 2 is 1.86 bits per heavy atom. The molecular weight excluding hydrogens is 390 g/mol. The molecule has 2 heterocycles. The van der Waals surface area contributed by atoms with Gasteiger partial charge in [-0.15, -0.1) is 11.3 Å². The number of amides is 1. The maximum Gasteiger partial charge on any atom is 0.290 e. The van der Waals surface area contributed by atoms with E-state index >= 15 is 0 Å². The Morgan fingerprint density at radius 1 is 1.14 bits per heavy atom. The molecule has 0 radical (unpaired) electrons. The second kappa shape index (κ2) is 7.91. The predicted octanol–water partition coefficient (Wildman–Crippen LogP) is 4.29. The molecule has 1 aromatic carbocycles. The van der Waals surface area contributed by atoms with Crippen LogP contribution in [0.15, 0.2) is 47.0 Å². The van der Waals surface area contributed by atoms with E-state index in [1.165, 1.54) is 11.3 Å². The molecule has 0 bridgehead atoms. The highest BCUT2D eigenvalue weighted by Crippen LogP contribution is 2.45. The molecule has 1 amide bonds. The van der Waals surface area contributed by atoms with Gasteiger partial charge in [-0.05, 0) is 42.0 Å². The topological polar surface area (TPSA) is 76.1 Å². The number of Topliss-reactive ketones (excluding diaryl/α,β-unsaturated/α-hetero) is 1. The Morgan fingerprint density at radius 3 is 2.48 bits per heavy atom. The summed E-state index contributed by atoms with van der Waals surface area (Å²) in [7, 11) is 3.10. The first-order chi connectivity index (χ1) is 14.1. The van der Waals surface area contributed by atoms with E-state index in [1.807, 2.05) is 11.4 Å². The number of carbonyl (C=O) groups is 2. The minimum absolute atomic E-state index is 0.00335. The van der Waals surface area contributed by atoms with Crippen molar-refractivity contribution in [3.63, 3.8) is 0 Å². The van der Waals surface area contributed by atoms with Gasteiger partial charge in [0.1, 0.15) is 0 Å². The van der Waals surface area contributed by atoms with E-state index in [2.05, 4.69) is 0 Å². The molecule has 1 fully saturated rings. The Balaban J connectivity index is 1.84. The van der Waals surface area contributed by atoms with Crippen LogP contribution in [0.1, 0.15) is 47.0 Å². The van der Waals surface area contributed by atoms with E-state index in [4.69, 9.17) is 9.47 Å². The SMILES string of the molecule is COc1ccc(C2C(C(=O)c3cccs3)=C(O)C(=O)N2C2CCCC2)cc1OC. The number of hydrogen-bond acceptors (Lipinski definition) is 6. The zero-order valence-electron chi connectivity index (χ0n) is 16.4. The number of ketones is 1. The maximum absolute atomic E-state index is 13.2. The monoisotopic (exact) mass is 413 g/mol. The first-order valence-corrected chi connectivity index (χ1v) is 10.5. The Labute approximate surface area is 173 Å². The summed E-state index contributed by atoms with van der Waals surface area (Å²) >= 11 is 1.30. The molecule has 1 aromatic heterocycles. The van der Waals surface area contributed by atoms with E-state index < -0.39 is 17.7 Å². The molecule has 1 aliphatic carbocycles. The molecule has 1 unspecified atom stereocenters. The summed E-state index contributed by atoms with van der Waals surface area (Å²) < 4.78 is 10.8. The molecule has 1 atom stereocenters. The average Bonchev–Trinajstić information content (AvgIpc) is 3.49. The molecule has 1 saturated carbocycles. The number of nitrogens with zero attached hydrogens (tertiary/aromatic N) is 1. The largest absolute Gasteiger partial charge is 0.503 e. The number of hydrogen-bond donors (Lipinski definition) is 1. The van der Waals surface area contributed by atoms with E-state index in [1.54, 1.807) is 43.4 Å². The minimum Gasteiger partial charge on any atom is -0.503 e. The molecule has 0 spiro atoms. The third kappa shape index (κ3) is 3.29. The van der Waals surface area contributed by atoms with Crippen LogP contribution in [0.5, 0.6) is 11.5 Å². The summed E-state index contributed by atoms with van der Waals surface area (Å²) in [6, 6.07) is 8.19. The summed E-state index contributed by atoms with van der Waals surface area (Å²) in [6.45, 7) is 0. The highest BCUT2D eigenvalue weighted by atomic mass is 32.1. The van der Waals surface area contributed by atoms with Gasteiger partial charge in [0, 0.05) is 6.04 Å². The molecule has 2 aromatic rings. The second-order valence-electron chi connectivity index (χ2n) is 7.24. The fourth-order valence-electron chi connectivity index (χ4n) is 4.30. The molecule has 7 heteroatoms. The highest BCUT2D eigenvalue weighted by molar-refractivity contribution is 7.12. The predicted molar refractivity (Wildman–Crippen MR) is 110 cm³/mol. The smallest absolute Gasteiger partial charge is 0.290 e. The molecular formula is C22H23NO5S. The van der Waals surface area contributed by atoms with Crippen molar-refractivity contribution in [2.24, 2.45) is 0 Å². The lowest BCUT2D eigenvalue weighted by molar-refractivity contribution is -0.131. The van der Waals surface area contributed by atoms with Gasteiger partial charge >= 0.3 is 0 Å². The number of aliphatic hydroxyl groups excluding tert-OH is 1. The Bertz CT molecular complexity index is 960. The number of thiophene rings is 1. The second-order valence-corrected chi connectivity index (χ2v) is 8.18. The van der Waals surface area contributed by atoms with Crippen molar-refractivity contribution >= 4 is 23.0 Å². The standard InChI is InChI=1S/C22H23NO5S/c1-27-15-10-9-13(12-16(15)28-2)19-18(20(24)17-8-5-11-29-17)21(25)22(26)23(19)14-6-3-4-7-14/h5,8-12,14,19,25H,3-4,6-7H2,1-2H3. The van der Waals surface area contributed by atoms with E-state index in [9.17, 15) is 14.7 Å². The summed E-state index contributed by atoms with van der Waals surface area (Å²) in [5.74, 6) is -0.164. The van der Waals surface area contributed by atoms with Crippen molar-refractivity contribution in [2.75, 3.05) is 14.2 Å². The van der Waals surface area contributed by atoms with E-state index in [-0.39, 0.29) is 17.4 Å². The third-order valence-corrected chi connectivity index (χ3v) is 6.54. The number of ether oxygens (including phenoxy) is 2. The number of carbonyl (C=O) groups excluding carboxylic acids is 2. The molecule has 1 aliphatic heterocycles. The zero-order valence-corrected chi connectivity index (χ0v) is 17.2. The quantitative estimate of drug-likeness (QED) is 0.715. The van der Waals surface area contributed by atoms with Crippen molar-refractivity contribution in [3.8, 4) is 11.5 Å². The Kier molecular flexibility index (Phi) is 5.32. The minimum atomic E-state index is -0.653. The lowest BCUT2D eigenvalue weighted by atomic mass is 9.94. The van der Waals surface area contributed by atoms with Crippen LogP contribution in [0.25, 0.3) is 0 Å². The summed E-state index contributed by atoms with van der Waals surface area (Å²) in [5, 5.41) is 12.5. The zero-order chi connectivity index (χ0) is 20.5. The van der Waals surface area contributed by atoms with Crippen molar-refractivity contribution in [1.29, 1.82) is 0 Å². The van der Waals surface area contributed by atoms with Gasteiger partial charge in [-0.1, -0.05) is 25.0 Å². The van der Waals surface area contributed by atoms with Crippen LogP contribution >= 0.6 is 11.3 Å². The molecule has 1 N–H and O–H groups in total. The van der Waals surface area contributed by atoms with Crippen LogP contribution in [-0.4, -0.2) is 42.0 Å². The van der Waals surface area contributed by atoms with Crippen LogP contribution < -0.4 is 9.47 Å². The normalized spacial score (nSPS) is 19.9. The van der Waals surface area contributed by atoms with Crippen LogP contribution in [0, 0.1) is 0 Å². The maximum atomic E-state index is 13.2. The fourth-order valence-corrected chi connectivity index (χ4v) is 4.98. The summed E-state index contributed by atoms with van der Waals surface area (Å²) in [4.78, 5) is 28.5. The highest BCUT2D eigenvalue weighted by Gasteiger charge is 2.47. The van der Waals surface area contributed by atoms with E-state index in [0.717, 1.165) is 25.7 Å². The lowest BCUT2D eigenvalue weighted by Gasteiger charge is -2.32. The summed E-state index contributed by atoms with van der Waals surface area (Å²) in [5.41, 5.74) is 0.850. The number of rotatable bonds is 6. The molecule has 4 rings (SSSR count). The fraction of sp³-hybridized carbons (Fsp3) is 0.364. The summed E-state index contributed by atoms with van der Waals surface area (Å²) in [6.07, 6.45) is 3.79. The number of benzene rings is 1. The van der Waals surface area contributed by atoms with Gasteiger partial charge in [-0.25, -0.2) is 0 Å². The van der Waals surface area contributed by atoms with Gasteiger partial charge in [0.2, 0.25) is 5.78 Å². The van der Waals surface area contributed by atoms with Gasteiger partial charge in [0.05, 0.1) is 30.7 Å². The molecule has 152 valence electrons. The lowest BCUT2D eigenvalue weighted by Crippen LogP contribution is -2.38. The van der Waals surface area contributed by atoms with Crippen molar-refractivity contribution in [2.45, 2.75) is 37.8 Å². The van der Waals surface area contributed by atoms with Gasteiger partial charge in [0.25, 0.3) is 5.91 Å². The molecule has 6 nitrogen and oxygen atoms in total. The first kappa shape index (κ1) is 19.5. The third-order valence-electron chi connectivity index (χ3n) is 5.67. The van der Waals surface area contributed by atoms with Gasteiger partial charge in [-0.2, -0.15) is 0 Å². The van der Waals surface area contributed by atoms with Crippen LogP contribution in [0.2, 0.25) is 0 Å². The van der Waals surface area contributed by atoms with Gasteiger partial charge < -0.3 is 19.5 Å². The van der Waals surface area contributed by atoms with Crippen LogP contribution in [0.3, 0.4) is 0 Å². The molecule has 0 saturated heterocycles. The van der Waals surface area contributed by atoms with Crippen LogP contribution in [-0.2, 0) is 4.79 Å². The molecule has 29 heavy (non-hydrogen) atoms. The van der Waals surface area contributed by atoms with E-state index in [0.29, 0.717) is 21.9 Å².